The molecule has 0 bridgehead atoms. The van der Waals surface area contributed by atoms with Crippen molar-refractivity contribution in [3.63, 3.8) is 0 Å². The Morgan fingerprint density at radius 3 is 2.60 bits per heavy atom. The fourth-order valence-electron chi connectivity index (χ4n) is 2.04. The Kier molecular flexibility index (Phi) is 7.59. The molecule has 114 valence electrons. The highest BCUT2D eigenvalue weighted by Gasteiger charge is 2.11. The molecule has 0 unspecified atom stereocenters. The average Bonchev–Trinajstić information content (AvgIpc) is 2.41. The Hall–Kier alpha value is -1.10. The summed E-state index contributed by atoms with van der Waals surface area (Å²) < 4.78 is 5.76. The van der Waals surface area contributed by atoms with Gasteiger partial charge in [-0.15, -0.1) is 0 Å². The van der Waals surface area contributed by atoms with Crippen molar-refractivity contribution in [2.75, 3.05) is 40.3 Å². The van der Waals surface area contributed by atoms with Gasteiger partial charge in [-0.25, -0.2) is 0 Å². The topological polar surface area (TPSA) is 50.5 Å². The van der Waals surface area contributed by atoms with Crippen LogP contribution in [-0.4, -0.2) is 51.5 Å². The number of aliphatic hydroxyl groups is 1. The first-order valence-corrected chi connectivity index (χ1v) is 7.51. The number of quaternary nitrogens is 2. The van der Waals surface area contributed by atoms with Crippen LogP contribution in [0.25, 0.3) is 0 Å². The van der Waals surface area contributed by atoms with E-state index in [2.05, 4.69) is 39.3 Å². The molecule has 0 amide bonds. The zero-order valence-corrected chi connectivity index (χ0v) is 13.2. The second-order valence-corrected chi connectivity index (χ2v) is 5.93. The Balaban J connectivity index is 2.32. The number of aliphatic hydroxyl groups excluding tert-OH is 1. The van der Waals surface area contributed by atoms with Gasteiger partial charge in [-0.3, -0.25) is 0 Å². The predicted octanol–water partition coefficient (Wildman–Crippen LogP) is -0.742. The highest BCUT2D eigenvalue weighted by molar-refractivity contribution is 5.35. The first-order valence-electron chi connectivity index (χ1n) is 7.51. The Labute approximate surface area is 122 Å². The molecule has 0 aromatic heterocycles. The lowest BCUT2D eigenvalue weighted by Gasteiger charge is -2.16. The van der Waals surface area contributed by atoms with Crippen molar-refractivity contribution in [2.24, 2.45) is 0 Å². The molecule has 0 spiro atoms. The van der Waals surface area contributed by atoms with E-state index in [9.17, 15) is 5.11 Å². The number of hydrogen-bond donors (Lipinski definition) is 3. The van der Waals surface area contributed by atoms with E-state index in [4.69, 9.17) is 4.74 Å². The number of rotatable bonds is 9. The minimum Gasteiger partial charge on any atom is -0.490 e. The summed E-state index contributed by atoms with van der Waals surface area (Å²) in [7, 11) is 4.27. The van der Waals surface area contributed by atoms with Crippen LogP contribution in [0.15, 0.2) is 24.3 Å². The minimum absolute atomic E-state index is 0.356. The summed E-state index contributed by atoms with van der Waals surface area (Å²) in [4.78, 5) is 1.43. The van der Waals surface area contributed by atoms with Crippen LogP contribution in [0.2, 0.25) is 0 Å². The van der Waals surface area contributed by atoms with E-state index >= 15 is 0 Å². The summed E-state index contributed by atoms with van der Waals surface area (Å²) >= 11 is 0. The summed E-state index contributed by atoms with van der Waals surface area (Å²) in [6, 6.07) is 8.05. The first kappa shape index (κ1) is 17.0. The van der Waals surface area contributed by atoms with E-state index in [-0.39, 0.29) is 0 Å². The zero-order valence-electron chi connectivity index (χ0n) is 13.2. The SMILES string of the molecule is CC(C)c1ccccc1OC[C@H](O)C[NH2+]CC[NH+](C)C. The third kappa shape index (κ3) is 6.37. The fraction of sp³-hybridized carbons (Fsp3) is 0.625. The molecule has 0 saturated carbocycles. The Morgan fingerprint density at radius 2 is 1.95 bits per heavy atom. The van der Waals surface area contributed by atoms with Gasteiger partial charge in [-0.1, -0.05) is 32.0 Å². The summed E-state index contributed by atoms with van der Waals surface area (Å²) in [5.41, 5.74) is 1.19. The molecule has 0 aliphatic carbocycles. The van der Waals surface area contributed by atoms with E-state index in [1.54, 1.807) is 0 Å². The Morgan fingerprint density at radius 1 is 1.25 bits per heavy atom. The van der Waals surface area contributed by atoms with Gasteiger partial charge < -0.3 is 20.1 Å². The van der Waals surface area contributed by atoms with Crippen LogP contribution >= 0.6 is 0 Å². The molecular formula is C16H30N2O2+2. The summed E-state index contributed by atoms with van der Waals surface area (Å²) in [5, 5.41) is 12.1. The lowest BCUT2D eigenvalue weighted by molar-refractivity contribution is -0.874. The zero-order chi connectivity index (χ0) is 15.0. The Bertz CT molecular complexity index is 380. The lowest BCUT2D eigenvalue weighted by atomic mass is 10.0. The van der Waals surface area contributed by atoms with Gasteiger partial charge in [0.1, 0.15) is 38.1 Å². The van der Waals surface area contributed by atoms with E-state index < -0.39 is 6.10 Å². The van der Waals surface area contributed by atoms with Crippen molar-refractivity contribution < 1.29 is 20.1 Å². The van der Waals surface area contributed by atoms with Crippen LogP contribution in [0.3, 0.4) is 0 Å². The van der Waals surface area contributed by atoms with Crippen LogP contribution in [0.4, 0.5) is 0 Å². The molecule has 1 aromatic rings. The number of nitrogens with one attached hydrogen (secondary N) is 1. The third-order valence-electron chi connectivity index (χ3n) is 3.26. The smallest absolute Gasteiger partial charge is 0.137 e. The second-order valence-electron chi connectivity index (χ2n) is 5.93. The largest absolute Gasteiger partial charge is 0.490 e. The van der Waals surface area contributed by atoms with Gasteiger partial charge in [-0.2, -0.15) is 0 Å². The van der Waals surface area contributed by atoms with Gasteiger partial charge in [0.15, 0.2) is 0 Å². The number of hydrogen-bond acceptors (Lipinski definition) is 2. The van der Waals surface area contributed by atoms with Gasteiger partial charge in [0.05, 0.1) is 14.1 Å². The average molecular weight is 282 g/mol. The maximum absolute atomic E-state index is 9.94. The minimum atomic E-state index is -0.424. The number of para-hydroxylation sites is 1. The highest BCUT2D eigenvalue weighted by atomic mass is 16.5. The van der Waals surface area contributed by atoms with E-state index in [0.29, 0.717) is 19.1 Å². The van der Waals surface area contributed by atoms with Crippen molar-refractivity contribution in [1.29, 1.82) is 0 Å². The number of nitrogens with two attached hydrogens (primary N) is 1. The first-order chi connectivity index (χ1) is 9.50. The standard InChI is InChI=1S/C16H28N2O2/c1-13(2)15-7-5-6-8-16(15)20-12-14(19)11-17-9-10-18(3)4/h5-8,13-14,17,19H,9-12H2,1-4H3/p+2/t14-/m1/s1. The molecule has 0 heterocycles. The van der Waals surface area contributed by atoms with Gasteiger partial charge in [0, 0.05) is 0 Å². The summed E-state index contributed by atoms with van der Waals surface area (Å²) in [6.07, 6.45) is -0.424. The van der Waals surface area contributed by atoms with E-state index in [1.807, 2.05) is 18.2 Å². The maximum atomic E-state index is 9.94. The van der Waals surface area contributed by atoms with Crippen LogP contribution in [0.1, 0.15) is 25.3 Å². The van der Waals surface area contributed by atoms with E-state index in [0.717, 1.165) is 18.8 Å². The van der Waals surface area contributed by atoms with Crippen LogP contribution in [0.5, 0.6) is 5.75 Å². The second kappa shape index (κ2) is 8.95. The lowest BCUT2D eigenvalue weighted by Crippen LogP contribution is -3.09. The molecule has 1 atom stereocenters. The number of likely N-dealkylation sites (N-methyl/N-ethyl adjacent to an activating group) is 1. The monoisotopic (exact) mass is 282 g/mol. The van der Waals surface area contributed by atoms with Crippen LogP contribution in [0, 0.1) is 0 Å². The number of benzene rings is 1. The van der Waals surface area contributed by atoms with Crippen molar-refractivity contribution in [3.8, 4) is 5.75 Å². The van der Waals surface area contributed by atoms with Crippen molar-refractivity contribution >= 4 is 0 Å². The molecule has 0 aliphatic heterocycles. The molecule has 20 heavy (non-hydrogen) atoms. The molecule has 4 heteroatoms. The molecule has 1 aromatic carbocycles. The van der Waals surface area contributed by atoms with Gasteiger partial charge in [-0.05, 0) is 17.5 Å². The molecule has 1 rings (SSSR count). The molecule has 0 fully saturated rings. The van der Waals surface area contributed by atoms with Gasteiger partial charge in [0.25, 0.3) is 0 Å². The van der Waals surface area contributed by atoms with E-state index in [1.165, 1.54) is 10.5 Å². The molecule has 4 nitrogen and oxygen atoms in total. The third-order valence-corrected chi connectivity index (χ3v) is 3.26. The normalized spacial score (nSPS) is 12.9. The van der Waals surface area contributed by atoms with Crippen molar-refractivity contribution in [3.05, 3.63) is 29.8 Å². The van der Waals surface area contributed by atoms with Crippen LogP contribution in [-0.2, 0) is 0 Å². The molecule has 0 saturated heterocycles. The van der Waals surface area contributed by atoms with Crippen LogP contribution < -0.4 is 15.0 Å². The highest BCUT2D eigenvalue weighted by Crippen LogP contribution is 2.25. The molecule has 0 radical (unpaired) electrons. The molecular weight excluding hydrogens is 252 g/mol. The molecule has 0 aliphatic rings. The maximum Gasteiger partial charge on any atom is 0.137 e. The molecule has 4 N–H and O–H groups in total. The predicted molar refractivity (Wildman–Crippen MR) is 81.4 cm³/mol. The summed E-state index contributed by atoms with van der Waals surface area (Å²) in [5.74, 6) is 1.32. The number of ether oxygens (including phenoxy) is 1. The van der Waals surface area contributed by atoms with Crippen molar-refractivity contribution in [1.82, 2.24) is 0 Å². The quantitative estimate of drug-likeness (QED) is 0.523. The van der Waals surface area contributed by atoms with Gasteiger partial charge >= 0.3 is 0 Å². The fourth-order valence-corrected chi connectivity index (χ4v) is 2.04. The van der Waals surface area contributed by atoms with Gasteiger partial charge in [0.2, 0.25) is 0 Å². The summed E-state index contributed by atoms with van der Waals surface area (Å²) in [6.45, 7) is 7.48. The van der Waals surface area contributed by atoms with Crippen molar-refractivity contribution in [2.45, 2.75) is 25.9 Å².